The number of rotatable bonds is 3. The molecular formula is C23H25ClF3N3O3. The SMILES string of the molecule is COc1ccc(C(=O)N2CCC3(CC2)NC(C)(C)Cn2c(C(=O)C(F)(F)F)ccc23)cc1Cl. The molecule has 0 bridgehead atoms. The predicted molar refractivity (Wildman–Crippen MR) is 117 cm³/mol. The third-order valence-electron chi connectivity index (χ3n) is 6.40. The van der Waals surface area contributed by atoms with Crippen LogP contribution in [0.3, 0.4) is 0 Å². The van der Waals surface area contributed by atoms with Crippen molar-refractivity contribution in [1.29, 1.82) is 0 Å². The van der Waals surface area contributed by atoms with E-state index in [2.05, 4.69) is 5.32 Å². The van der Waals surface area contributed by atoms with Crippen molar-refractivity contribution in [2.45, 2.75) is 50.5 Å². The normalized spacial score (nSPS) is 19.3. The van der Waals surface area contributed by atoms with Gasteiger partial charge in [0.1, 0.15) is 5.75 Å². The van der Waals surface area contributed by atoms with Crippen LogP contribution < -0.4 is 10.1 Å². The van der Waals surface area contributed by atoms with Gasteiger partial charge in [0.2, 0.25) is 0 Å². The smallest absolute Gasteiger partial charge is 0.456 e. The third kappa shape index (κ3) is 4.24. The molecule has 0 radical (unpaired) electrons. The minimum Gasteiger partial charge on any atom is -0.495 e. The summed E-state index contributed by atoms with van der Waals surface area (Å²) in [5.74, 6) is -1.54. The molecule has 0 aliphatic carbocycles. The van der Waals surface area contributed by atoms with Crippen molar-refractivity contribution in [2.75, 3.05) is 20.2 Å². The lowest BCUT2D eigenvalue weighted by Gasteiger charge is -2.51. The second kappa shape index (κ2) is 8.06. The molecule has 0 unspecified atom stereocenters. The molecule has 6 nitrogen and oxygen atoms in total. The molecule has 33 heavy (non-hydrogen) atoms. The zero-order valence-corrected chi connectivity index (χ0v) is 19.3. The number of fused-ring (bicyclic) bond motifs is 2. The lowest BCUT2D eigenvalue weighted by molar-refractivity contribution is -0.0892. The van der Waals surface area contributed by atoms with Crippen LogP contribution >= 0.6 is 11.6 Å². The van der Waals surface area contributed by atoms with Gasteiger partial charge in [-0.2, -0.15) is 13.2 Å². The number of methoxy groups -OCH3 is 1. The zero-order valence-electron chi connectivity index (χ0n) is 18.6. The van der Waals surface area contributed by atoms with Crippen molar-refractivity contribution in [3.8, 4) is 5.75 Å². The monoisotopic (exact) mass is 483 g/mol. The van der Waals surface area contributed by atoms with Crippen molar-refractivity contribution in [2.24, 2.45) is 0 Å². The largest absolute Gasteiger partial charge is 0.495 e. The summed E-state index contributed by atoms with van der Waals surface area (Å²) in [6, 6.07) is 7.71. The van der Waals surface area contributed by atoms with Crippen LogP contribution in [0.2, 0.25) is 5.02 Å². The molecule has 1 aromatic carbocycles. The first-order valence-electron chi connectivity index (χ1n) is 10.6. The maximum absolute atomic E-state index is 13.1. The number of ether oxygens (including phenoxy) is 1. The van der Waals surface area contributed by atoms with Crippen LogP contribution in [0, 0.1) is 0 Å². The number of halogens is 4. The van der Waals surface area contributed by atoms with Crippen LogP contribution in [-0.4, -0.2) is 53.1 Å². The summed E-state index contributed by atoms with van der Waals surface area (Å²) >= 11 is 6.16. The van der Waals surface area contributed by atoms with E-state index in [1.54, 1.807) is 29.2 Å². The highest BCUT2D eigenvalue weighted by Crippen LogP contribution is 2.41. The molecule has 1 aromatic heterocycles. The van der Waals surface area contributed by atoms with E-state index in [1.165, 1.54) is 17.7 Å². The Labute approximate surface area is 194 Å². The molecule has 1 saturated heterocycles. The zero-order chi connectivity index (χ0) is 24.2. The number of alkyl halides is 3. The molecule has 0 saturated carbocycles. The molecule has 2 aliphatic rings. The molecule has 4 rings (SSSR count). The van der Waals surface area contributed by atoms with E-state index in [0.29, 0.717) is 48.0 Å². The summed E-state index contributed by atoms with van der Waals surface area (Å²) in [6.07, 6.45) is -3.95. The average Bonchev–Trinajstić information content (AvgIpc) is 3.15. The van der Waals surface area contributed by atoms with Crippen LogP contribution in [0.1, 0.15) is 53.2 Å². The minimum absolute atomic E-state index is 0.173. The van der Waals surface area contributed by atoms with E-state index in [1.807, 2.05) is 13.8 Å². The van der Waals surface area contributed by atoms with Gasteiger partial charge in [-0.15, -0.1) is 0 Å². The van der Waals surface area contributed by atoms with Gasteiger partial charge in [0, 0.05) is 36.4 Å². The lowest BCUT2D eigenvalue weighted by Crippen LogP contribution is -2.63. The Kier molecular flexibility index (Phi) is 5.77. The van der Waals surface area contributed by atoms with Gasteiger partial charge in [-0.1, -0.05) is 11.6 Å². The maximum Gasteiger partial charge on any atom is 0.456 e. The van der Waals surface area contributed by atoms with Gasteiger partial charge in [-0.05, 0) is 57.0 Å². The Hall–Kier alpha value is -2.52. The van der Waals surface area contributed by atoms with E-state index >= 15 is 0 Å². The van der Waals surface area contributed by atoms with E-state index in [4.69, 9.17) is 16.3 Å². The number of amides is 1. The molecule has 1 N–H and O–H groups in total. The van der Waals surface area contributed by atoms with Gasteiger partial charge in [0.25, 0.3) is 11.7 Å². The highest BCUT2D eigenvalue weighted by Gasteiger charge is 2.49. The van der Waals surface area contributed by atoms with Crippen molar-refractivity contribution < 1.29 is 27.5 Å². The second-order valence-electron chi connectivity index (χ2n) is 9.25. The predicted octanol–water partition coefficient (Wildman–Crippen LogP) is 4.41. The first-order chi connectivity index (χ1) is 15.4. The van der Waals surface area contributed by atoms with Gasteiger partial charge >= 0.3 is 6.18 Å². The Balaban J connectivity index is 1.59. The summed E-state index contributed by atoms with van der Waals surface area (Å²) in [5.41, 5.74) is -0.440. The third-order valence-corrected chi connectivity index (χ3v) is 6.69. The van der Waals surface area contributed by atoms with E-state index in [-0.39, 0.29) is 18.1 Å². The highest BCUT2D eigenvalue weighted by atomic mass is 35.5. The van der Waals surface area contributed by atoms with Gasteiger partial charge in [0.15, 0.2) is 0 Å². The summed E-state index contributed by atoms with van der Waals surface area (Å²) in [7, 11) is 1.50. The molecule has 10 heteroatoms. The molecule has 3 heterocycles. The van der Waals surface area contributed by atoms with Crippen LogP contribution in [0.5, 0.6) is 5.75 Å². The van der Waals surface area contributed by atoms with Crippen LogP contribution in [0.4, 0.5) is 13.2 Å². The molecule has 1 fully saturated rings. The van der Waals surface area contributed by atoms with Crippen molar-refractivity contribution in [3.05, 3.63) is 52.3 Å². The fourth-order valence-corrected chi connectivity index (χ4v) is 5.26. The molecule has 2 aliphatic heterocycles. The molecule has 1 amide bonds. The number of carbonyl (C=O) groups excluding carboxylic acids is 2. The topological polar surface area (TPSA) is 63.6 Å². The average molecular weight is 484 g/mol. The van der Waals surface area contributed by atoms with Crippen molar-refractivity contribution >= 4 is 23.3 Å². The second-order valence-corrected chi connectivity index (χ2v) is 9.66. The number of benzene rings is 1. The van der Waals surface area contributed by atoms with Crippen molar-refractivity contribution in [3.63, 3.8) is 0 Å². The van der Waals surface area contributed by atoms with Crippen LogP contribution in [-0.2, 0) is 12.1 Å². The molecule has 1 spiro atoms. The van der Waals surface area contributed by atoms with Gasteiger partial charge in [0.05, 0.1) is 23.4 Å². The Morgan fingerprint density at radius 3 is 2.36 bits per heavy atom. The minimum atomic E-state index is -4.94. The molecular weight excluding hydrogens is 459 g/mol. The molecule has 2 aromatic rings. The highest BCUT2D eigenvalue weighted by molar-refractivity contribution is 6.32. The Bertz CT molecular complexity index is 1100. The van der Waals surface area contributed by atoms with Gasteiger partial charge < -0.3 is 14.2 Å². The van der Waals surface area contributed by atoms with E-state index in [0.717, 1.165) is 0 Å². The number of Topliss-reactive ketones (excluding diaryl/α,β-unsaturated/α-hetero) is 1. The summed E-state index contributed by atoms with van der Waals surface area (Å²) in [4.78, 5) is 26.8. The standard InChI is InChI=1S/C23H25ClF3N3O3/c1-21(2)13-30-16(19(31)23(25,26)27)5-7-18(30)22(28-21)8-10-29(11-9-22)20(32)14-4-6-17(33-3)15(24)12-14/h4-7,12,28H,8-11,13H2,1-3H3. The fourth-order valence-electron chi connectivity index (χ4n) is 5.00. The number of piperidine rings is 1. The van der Waals surface area contributed by atoms with Crippen LogP contribution in [0.25, 0.3) is 0 Å². The lowest BCUT2D eigenvalue weighted by atomic mass is 9.79. The van der Waals surface area contributed by atoms with Crippen molar-refractivity contribution in [1.82, 2.24) is 14.8 Å². The molecule has 0 atom stereocenters. The quantitative estimate of drug-likeness (QED) is 0.657. The number of ketones is 1. The Morgan fingerprint density at radius 1 is 1.12 bits per heavy atom. The number of nitrogens with one attached hydrogen (secondary N) is 1. The van der Waals surface area contributed by atoms with Crippen LogP contribution in [0.15, 0.2) is 30.3 Å². The maximum atomic E-state index is 13.1. The van der Waals surface area contributed by atoms with Gasteiger partial charge in [-0.3, -0.25) is 14.9 Å². The van der Waals surface area contributed by atoms with E-state index in [9.17, 15) is 22.8 Å². The number of aromatic nitrogens is 1. The number of hydrogen-bond acceptors (Lipinski definition) is 4. The van der Waals surface area contributed by atoms with Gasteiger partial charge in [-0.25, -0.2) is 0 Å². The summed E-state index contributed by atoms with van der Waals surface area (Å²) in [6.45, 7) is 4.84. The summed E-state index contributed by atoms with van der Waals surface area (Å²) < 4.78 is 46.1. The number of hydrogen-bond donors (Lipinski definition) is 1. The first-order valence-corrected chi connectivity index (χ1v) is 11.0. The summed E-state index contributed by atoms with van der Waals surface area (Å²) in [5, 5.41) is 3.93. The van der Waals surface area contributed by atoms with E-state index < -0.39 is 23.0 Å². The number of carbonyl (C=O) groups is 2. The molecule has 178 valence electrons. The fraction of sp³-hybridized carbons (Fsp3) is 0.478. The number of nitrogens with zero attached hydrogens (tertiary/aromatic N) is 2. The number of likely N-dealkylation sites (tertiary alicyclic amines) is 1. The first kappa shape index (κ1) is 23.6. The Morgan fingerprint density at radius 2 is 1.79 bits per heavy atom.